The smallest absolute Gasteiger partial charge is 0.0928 e. The van der Waals surface area contributed by atoms with Gasteiger partial charge in [0.05, 0.1) is 16.6 Å². The molecule has 3 heteroatoms. The largest absolute Gasteiger partial charge is 0.245 e. The van der Waals surface area contributed by atoms with Gasteiger partial charge in [0.2, 0.25) is 0 Å². The third-order valence-corrected chi connectivity index (χ3v) is 2.43. The molecule has 56 valence electrons. The van der Waals surface area contributed by atoms with Gasteiger partial charge in [0.1, 0.15) is 0 Å². The van der Waals surface area contributed by atoms with Gasteiger partial charge in [-0.3, -0.25) is 0 Å². The molecular weight excluding hydrogens is 166 g/mol. The number of rotatable bonds is 3. The zero-order valence-corrected chi connectivity index (χ0v) is 7.50. The summed E-state index contributed by atoms with van der Waals surface area (Å²) in [6.45, 7) is 2.15. The van der Waals surface area contributed by atoms with Crippen molar-refractivity contribution in [1.29, 1.82) is 0 Å². The van der Waals surface area contributed by atoms with Crippen LogP contribution in [0.1, 0.15) is 24.0 Å². The Kier molecular flexibility index (Phi) is 3.16. The highest BCUT2D eigenvalue weighted by Crippen LogP contribution is 2.12. The van der Waals surface area contributed by atoms with E-state index < -0.39 is 0 Å². The number of hydrogen-bond acceptors (Lipinski definition) is 2. The summed E-state index contributed by atoms with van der Waals surface area (Å²) in [5, 5.41) is 3.23. The molecule has 1 heterocycles. The first-order valence-electron chi connectivity index (χ1n) is 3.36. The van der Waals surface area contributed by atoms with Crippen molar-refractivity contribution in [2.45, 2.75) is 25.6 Å². The standard InChI is InChI=1S/C7H10ClNS/c1-2-3-7-9-6(4-8)5-10-7/h5H,2-4H2,1H3. The molecule has 1 aromatic rings. The summed E-state index contributed by atoms with van der Waals surface area (Å²) < 4.78 is 0. The van der Waals surface area contributed by atoms with E-state index in [1.54, 1.807) is 11.3 Å². The molecule has 0 aromatic carbocycles. The predicted molar refractivity (Wildman–Crippen MR) is 45.7 cm³/mol. The molecule has 0 bridgehead atoms. The van der Waals surface area contributed by atoms with E-state index in [4.69, 9.17) is 11.6 Å². The fourth-order valence-electron chi connectivity index (χ4n) is 0.739. The van der Waals surface area contributed by atoms with Crippen molar-refractivity contribution in [2.75, 3.05) is 0 Å². The lowest BCUT2D eigenvalue weighted by atomic mass is 10.3. The second kappa shape index (κ2) is 3.94. The Balaban J connectivity index is 2.59. The minimum Gasteiger partial charge on any atom is -0.245 e. The van der Waals surface area contributed by atoms with Crippen molar-refractivity contribution in [2.24, 2.45) is 0 Å². The Bertz CT molecular complexity index is 197. The number of hydrogen-bond donors (Lipinski definition) is 0. The van der Waals surface area contributed by atoms with E-state index in [0.29, 0.717) is 5.88 Å². The van der Waals surface area contributed by atoms with Crippen LogP contribution in [0.15, 0.2) is 5.38 Å². The maximum Gasteiger partial charge on any atom is 0.0928 e. The summed E-state index contributed by atoms with van der Waals surface area (Å²) in [6.07, 6.45) is 2.25. The molecule has 0 saturated carbocycles. The molecule has 0 radical (unpaired) electrons. The Hall–Kier alpha value is -0.0800. The van der Waals surface area contributed by atoms with Crippen LogP contribution in [-0.4, -0.2) is 4.98 Å². The highest BCUT2D eigenvalue weighted by atomic mass is 35.5. The maximum absolute atomic E-state index is 5.58. The number of alkyl halides is 1. The molecule has 0 N–H and O–H groups in total. The summed E-state index contributed by atoms with van der Waals surface area (Å²) in [5.74, 6) is 0.542. The highest BCUT2D eigenvalue weighted by molar-refractivity contribution is 7.09. The van der Waals surface area contributed by atoms with E-state index in [9.17, 15) is 0 Å². The van der Waals surface area contributed by atoms with Crippen LogP contribution < -0.4 is 0 Å². The molecule has 0 aliphatic rings. The average Bonchev–Trinajstić information content (AvgIpc) is 2.37. The molecular formula is C7H10ClNS. The van der Waals surface area contributed by atoms with Crippen molar-refractivity contribution < 1.29 is 0 Å². The second-order valence-corrected chi connectivity index (χ2v) is 3.33. The molecule has 10 heavy (non-hydrogen) atoms. The van der Waals surface area contributed by atoms with Crippen LogP contribution in [0.25, 0.3) is 0 Å². The van der Waals surface area contributed by atoms with Crippen molar-refractivity contribution in [1.82, 2.24) is 4.98 Å². The number of halogens is 1. The van der Waals surface area contributed by atoms with Crippen molar-refractivity contribution in [3.05, 3.63) is 16.1 Å². The molecule has 0 atom stereocenters. The lowest BCUT2D eigenvalue weighted by Gasteiger charge is -1.86. The van der Waals surface area contributed by atoms with E-state index in [1.807, 2.05) is 5.38 Å². The first-order valence-corrected chi connectivity index (χ1v) is 4.77. The van der Waals surface area contributed by atoms with Crippen LogP contribution in [0.5, 0.6) is 0 Å². The molecule has 1 aromatic heterocycles. The molecule has 0 unspecified atom stereocenters. The van der Waals surface area contributed by atoms with Crippen molar-refractivity contribution in [3.8, 4) is 0 Å². The summed E-state index contributed by atoms with van der Waals surface area (Å²) in [5.41, 5.74) is 1.01. The fraction of sp³-hybridized carbons (Fsp3) is 0.571. The van der Waals surface area contributed by atoms with Crippen LogP contribution in [0.3, 0.4) is 0 Å². The van der Waals surface area contributed by atoms with E-state index in [-0.39, 0.29) is 0 Å². The Labute approximate surface area is 70.1 Å². The van der Waals surface area contributed by atoms with E-state index in [1.165, 1.54) is 5.01 Å². The van der Waals surface area contributed by atoms with Gasteiger partial charge in [-0.05, 0) is 12.8 Å². The minimum absolute atomic E-state index is 0.542. The molecule has 0 saturated heterocycles. The molecule has 0 aliphatic carbocycles. The molecule has 1 rings (SSSR count). The number of thiazole rings is 1. The number of aromatic nitrogens is 1. The topological polar surface area (TPSA) is 12.9 Å². The number of nitrogens with zero attached hydrogens (tertiary/aromatic N) is 1. The van der Waals surface area contributed by atoms with E-state index in [0.717, 1.165) is 18.5 Å². The third-order valence-electron chi connectivity index (χ3n) is 1.20. The molecule has 0 fully saturated rings. The number of aryl methyl sites for hydroxylation is 1. The first-order chi connectivity index (χ1) is 4.86. The zero-order valence-electron chi connectivity index (χ0n) is 5.93. The molecule has 0 amide bonds. The minimum atomic E-state index is 0.542. The molecule has 1 nitrogen and oxygen atoms in total. The van der Waals surface area contributed by atoms with E-state index in [2.05, 4.69) is 11.9 Å². The lowest BCUT2D eigenvalue weighted by molar-refractivity contribution is 0.902. The fourth-order valence-corrected chi connectivity index (χ4v) is 1.87. The van der Waals surface area contributed by atoms with Gasteiger partial charge in [-0.15, -0.1) is 22.9 Å². The van der Waals surface area contributed by atoms with Gasteiger partial charge in [0.15, 0.2) is 0 Å². The van der Waals surface area contributed by atoms with Gasteiger partial charge in [0.25, 0.3) is 0 Å². The first kappa shape index (κ1) is 8.02. The Morgan fingerprint density at radius 1 is 1.70 bits per heavy atom. The van der Waals surface area contributed by atoms with Gasteiger partial charge in [-0.1, -0.05) is 6.92 Å². The summed E-state index contributed by atoms with van der Waals surface area (Å²) >= 11 is 7.29. The van der Waals surface area contributed by atoms with Gasteiger partial charge in [0, 0.05) is 5.38 Å². The predicted octanol–water partition coefficient (Wildman–Crippen LogP) is 2.83. The van der Waals surface area contributed by atoms with Crippen LogP contribution >= 0.6 is 22.9 Å². The maximum atomic E-state index is 5.58. The van der Waals surface area contributed by atoms with Crippen molar-refractivity contribution in [3.63, 3.8) is 0 Å². The monoisotopic (exact) mass is 175 g/mol. The summed E-state index contributed by atoms with van der Waals surface area (Å²) in [4.78, 5) is 4.31. The Morgan fingerprint density at radius 3 is 3.00 bits per heavy atom. The zero-order chi connectivity index (χ0) is 7.40. The van der Waals surface area contributed by atoms with Crippen LogP contribution in [-0.2, 0) is 12.3 Å². The van der Waals surface area contributed by atoms with Gasteiger partial charge in [-0.2, -0.15) is 0 Å². The second-order valence-electron chi connectivity index (χ2n) is 2.12. The normalized spacial score (nSPS) is 10.2. The average molecular weight is 176 g/mol. The third kappa shape index (κ3) is 1.96. The van der Waals surface area contributed by atoms with Crippen molar-refractivity contribution >= 4 is 22.9 Å². The summed E-state index contributed by atoms with van der Waals surface area (Å²) in [7, 11) is 0. The van der Waals surface area contributed by atoms with E-state index >= 15 is 0 Å². The summed E-state index contributed by atoms with van der Waals surface area (Å²) in [6, 6.07) is 0. The molecule has 0 spiro atoms. The van der Waals surface area contributed by atoms with Crippen LogP contribution in [0.4, 0.5) is 0 Å². The molecule has 0 aliphatic heterocycles. The Morgan fingerprint density at radius 2 is 2.50 bits per heavy atom. The quantitative estimate of drug-likeness (QED) is 0.644. The lowest BCUT2D eigenvalue weighted by Crippen LogP contribution is -1.82. The van der Waals surface area contributed by atoms with Gasteiger partial charge >= 0.3 is 0 Å². The van der Waals surface area contributed by atoms with Crippen LogP contribution in [0.2, 0.25) is 0 Å². The van der Waals surface area contributed by atoms with Gasteiger partial charge < -0.3 is 0 Å². The van der Waals surface area contributed by atoms with Crippen LogP contribution in [0, 0.1) is 0 Å². The van der Waals surface area contributed by atoms with Gasteiger partial charge in [-0.25, -0.2) is 4.98 Å². The highest BCUT2D eigenvalue weighted by Gasteiger charge is 1.97. The SMILES string of the molecule is CCCc1nc(CCl)cs1.